The van der Waals surface area contributed by atoms with E-state index in [0.717, 1.165) is 22.4 Å². The highest BCUT2D eigenvalue weighted by atomic mass is 19.1. The van der Waals surface area contributed by atoms with Gasteiger partial charge in [0.2, 0.25) is 0 Å². The van der Waals surface area contributed by atoms with E-state index in [0.29, 0.717) is 13.1 Å². The third-order valence-electron chi connectivity index (χ3n) is 3.41. The van der Waals surface area contributed by atoms with Gasteiger partial charge in [0.15, 0.2) is 0 Å². The van der Waals surface area contributed by atoms with Crippen molar-refractivity contribution in [1.29, 1.82) is 0 Å². The van der Waals surface area contributed by atoms with E-state index in [1.807, 2.05) is 25.2 Å². The van der Waals surface area contributed by atoms with Crippen LogP contribution in [0.2, 0.25) is 0 Å². The lowest BCUT2D eigenvalue weighted by molar-refractivity contribution is 0.621. The maximum Gasteiger partial charge on any atom is 0.123 e. The Balaban J connectivity index is 1.68. The summed E-state index contributed by atoms with van der Waals surface area (Å²) in [6.45, 7) is 1.38. The second kappa shape index (κ2) is 5.43. The summed E-state index contributed by atoms with van der Waals surface area (Å²) >= 11 is 0. The Hall–Kier alpha value is -2.20. The van der Waals surface area contributed by atoms with Gasteiger partial charge in [-0.1, -0.05) is 24.3 Å². The highest BCUT2D eigenvalue weighted by molar-refractivity contribution is 5.75. The molecule has 20 heavy (non-hydrogen) atoms. The smallest absolute Gasteiger partial charge is 0.123 e. The molecule has 4 heteroatoms. The summed E-state index contributed by atoms with van der Waals surface area (Å²) in [4.78, 5) is 4.60. The van der Waals surface area contributed by atoms with Crippen LogP contribution >= 0.6 is 0 Å². The summed E-state index contributed by atoms with van der Waals surface area (Å²) < 4.78 is 14.9. The molecule has 0 amide bonds. The lowest BCUT2D eigenvalue weighted by atomic mass is 10.2. The Morgan fingerprint density at radius 1 is 1.05 bits per heavy atom. The molecule has 0 fully saturated rings. The predicted molar refractivity (Wildman–Crippen MR) is 77.7 cm³/mol. The number of imidazole rings is 1. The molecule has 2 aromatic carbocycles. The van der Waals surface area contributed by atoms with Crippen molar-refractivity contribution in [2.24, 2.45) is 7.05 Å². The van der Waals surface area contributed by atoms with E-state index in [2.05, 4.69) is 20.9 Å². The van der Waals surface area contributed by atoms with Crippen molar-refractivity contribution in [1.82, 2.24) is 14.9 Å². The van der Waals surface area contributed by atoms with Gasteiger partial charge in [0.1, 0.15) is 11.6 Å². The monoisotopic (exact) mass is 269 g/mol. The van der Waals surface area contributed by atoms with Crippen LogP contribution in [-0.2, 0) is 20.1 Å². The lowest BCUT2D eigenvalue weighted by Crippen LogP contribution is -2.15. The number of nitrogens with zero attached hydrogens (tertiary/aromatic N) is 2. The molecule has 3 rings (SSSR count). The van der Waals surface area contributed by atoms with Crippen molar-refractivity contribution in [3.05, 3.63) is 65.7 Å². The fourth-order valence-corrected chi connectivity index (χ4v) is 2.27. The van der Waals surface area contributed by atoms with Crippen molar-refractivity contribution in [2.45, 2.75) is 13.1 Å². The molecule has 3 aromatic rings. The zero-order valence-electron chi connectivity index (χ0n) is 11.3. The molecule has 1 aromatic heterocycles. The van der Waals surface area contributed by atoms with Gasteiger partial charge in [0, 0.05) is 13.6 Å². The number of benzene rings is 2. The molecule has 0 unspecified atom stereocenters. The Bertz CT molecular complexity index is 716. The average molecular weight is 269 g/mol. The first-order valence-electron chi connectivity index (χ1n) is 6.59. The standard InChI is InChI=1S/C16H16FN3/c1-20-15-5-3-2-4-14(15)19-16(20)11-18-10-12-6-8-13(17)9-7-12/h2-9,18H,10-11H2,1H3. The summed E-state index contributed by atoms with van der Waals surface area (Å²) in [5.41, 5.74) is 3.20. The van der Waals surface area contributed by atoms with Crippen LogP contribution in [0.15, 0.2) is 48.5 Å². The highest BCUT2D eigenvalue weighted by Crippen LogP contribution is 2.14. The third-order valence-corrected chi connectivity index (χ3v) is 3.41. The second-order valence-electron chi connectivity index (χ2n) is 4.81. The minimum absolute atomic E-state index is 0.205. The Kier molecular flexibility index (Phi) is 3.48. The minimum Gasteiger partial charge on any atom is -0.330 e. The summed E-state index contributed by atoms with van der Waals surface area (Å²) in [5, 5.41) is 3.33. The molecule has 1 N–H and O–H groups in total. The van der Waals surface area contributed by atoms with Crippen LogP contribution in [-0.4, -0.2) is 9.55 Å². The third kappa shape index (κ3) is 2.56. The van der Waals surface area contributed by atoms with Crippen molar-refractivity contribution < 1.29 is 4.39 Å². The molecule has 0 aliphatic rings. The number of hydrogen-bond donors (Lipinski definition) is 1. The molecule has 0 saturated heterocycles. The summed E-state index contributed by atoms with van der Waals surface area (Å²) in [6.07, 6.45) is 0. The average Bonchev–Trinajstić information content (AvgIpc) is 2.78. The van der Waals surface area contributed by atoms with E-state index in [4.69, 9.17) is 0 Å². The van der Waals surface area contributed by atoms with Crippen LogP contribution in [0.1, 0.15) is 11.4 Å². The number of aryl methyl sites for hydroxylation is 1. The zero-order valence-corrected chi connectivity index (χ0v) is 11.3. The number of rotatable bonds is 4. The molecule has 3 nitrogen and oxygen atoms in total. The van der Waals surface area contributed by atoms with E-state index < -0.39 is 0 Å². The molecule has 0 saturated carbocycles. The van der Waals surface area contributed by atoms with E-state index in [1.54, 1.807) is 12.1 Å². The van der Waals surface area contributed by atoms with Gasteiger partial charge in [-0.05, 0) is 29.8 Å². The Morgan fingerprint density at radius 3 is 2.55 bits per heavy atom. The molecule has 0 spiro atoms. The van der Waals surface area contributed by atoms with E-state index in [1.165, 1.54) is 12.1 Å². The van der Waals surface area contributed by atoms with Gasteiger partial charge >= 0.3 is 0 Å². The zero-order chi connectivity index (χ0) is 13.9. The van der Waals surface area contributed by atoms with Gasteiger partial charge in [-0.15, -0.1) is 0 Å². The molecular weight excluding hydrogens is 253 g/mol. The molecule has 0 aliphatic carbocycles. The van der Waals surface area contributed by atoms with Crippen LogP contribution < -0.4 is 5.32 Å². The van der Waals surface area contributed by atoms with Crippen LogP contribution in [0.5, 0.6) is 0 Å². The molecule has 1 heterocycles. The van der Waals surface area contributed by atoms with Crippen LogP contribution in [0.4, 0.5) is 4.39 Å². The fourth-order valence-electron chi connectivity index (χ4n) is 2.27. The quantitative estimate of drug-likeness (QED) is 0.789. The Morgan fingerprint density at radius 2 is 1.80 bits per heavy atom. The molecule has 0 aliphatic heterocycles. The molecule has 0 radical (unpaired) electrons. The van der Waals surface area contributed by atoms with Gasteiger partial charge in [-0.25, -0.2) is 9.37 Å². The van der Waals surface area contributed by atoms with Gasteiger partial charge in [0.05, 0.1) is 17.6 Å². The van der Waals surface area contributed by atoms with Crippen LogP contribution in [0.3, 0.4) is 0 Å². The fraction of sp³-hybridized carbons (Fsp3) is 0.188. The highest BCUT2D eigenvalue weighted by Gasteiger charge is 2.06. The van der Waals surface area contributed by atoms with Crippen molar-refractivity contribution in [3.8, 4) is 0 Å². The number of hydrogen-bond acceptors (Lipinski definition) is 2. The number of para-hydroxylation sites is 2. The molecule has 0 bridgehead atoms. The molecular formula is C16H16FN3. The first kappa shape index (κ1) is 12.8. The van der Waals surface area contributed by atoms with E-state index in [9.17, 15) is 4.39 Å². The van der Waals surface area contributed by atoms with Crippen molar-refractivity contribution in [2.75, 3.05) is 0 Å². The molecule has 0 atom stereocenters. The van der Waals surface area contributed by atoms with Crippen molar-refractivity contribution >= 4 is 11.0 Å². The Labute approximate surface area is 117 Å². The number of nitrogens with one attached hydrogen (secondary N) is 1. The predicted octanol–water partition coefficient (Wildman–Crippen LogP) is 3.00. The van der Waals surface area contributed by atoms with Crippen molar-refractivity contribution in [3.63, 3.8) is 0 Å². The SMILES string of the molecule is Cn1c(CNCc2ccc(F)cc2)nc2ccccc21. The summed E-state index contributed by atoms with van der Waals surface area (Å²) in [7, 11) is 2.02. The summed E-state index contributed by atoms with van der Waals surface area (Å²) in [6, 6.07) is 14.6. The normalized spacial score (nSPS) is 11.1. The second-order valence-corrected chi connectivity index (χ2v) is 4.81. The van der Waals surface area contributed by atoms with Gasteiger partial charge < -0.3 is 9.88 Å². The number of fused-ring (bicyclic) bond motifs is 1. The van der Waals surface area contributed by atoms with E-state index >= 15 is 0 Å². The first-order chi connectivity index (χ1) is 9.74. The maximum atomic E-state index is 12.8. The van der Waals surface area contributed by atoms with E-state index in [-0.39, 0.29) is 5.82 Å². The molecule has 102 valence electrons. The topological polar surface area (TPSA) is 29.9 Å². The van der Waals surface area contributed by atoms with Gasteiger partial charge in [-0.3, -0.25) is 0 Å². The minimum atomic E-state index is -0.205. The van der Waals surface area contributed by atoms with Crippen LogP contribution in [0, 0.1) is 5.82 Å². The van der Waals surface area contributed by atoms with Crippen LogP contribution in [0.25, 0.3) is 11.0 Å². The number of aromatic nitrogens is 2. The largest absolute Gasteiger partial charge is 0.330 e. The number of halogens is 1. The summed E-state index contributed by atoms with van der Waals surface area (Å²) in [5.74, 6) is 0.789. The first-order valence-corrected chi connectivity index (χ1v) is 6.59. The van der Waals surface area contributed by atoms with Gasteiger partial charge in [-0.2, -0.15) is 0 Å². The van der Waals surface area contributed by atoms with Gasteiger partial charge in [0.25, 0.3) is 0 Å². The maximum absolute atomic E-state index is 12.8. The lowest BCUT2D eigenvalue weighted by Gasteiger charge is -2.05.